The molecule has 2 aromatic carbocycles. The third kappa shape index (κ3) is 4.58. The van der Waals surface area contributed by atoms with Gasteiger partial charge in [0.25, 0.3) is 0 Å². The van der Waals surface area contributed by atoms with Crippen molar-refractivity contribution in [1.29, 1.82) is 0 Å². The third-order valence-corrected chi connectivity index (χ3v) is 5.64. The third-order valence-electron chi connectivity index (χ3n) is 5.64. The number of benzene rings is 2. The predicted octanol–water partition coefficient (Wildman–Crippen LogP) is 2.62. The molecule has 0 aromatic heterocycles. The van der Waals surface area contributed by atoms with Gasteiger partial charge in [0.2, 0.25) is 0 Å². The molecule has 0 saturated carbocycles. The molecule has 1 atom stereocenters. The number of rotatable bonds is 6. The fourth-order valence-electron chi connectivity index (χ4n) is 4.10. The molecule has 2 N–H and O–H groups in total. The average Bonchev–Trinajstić information content (AvgIpc) is 3.42. The number of hydrogen-bond donors (Lipinski definition) is 2. The van der Waals surface area contributed by atoms with E-state index in [0.29, 0.717) is 6.04 Å². The number of anilines is 1. The van der Waals surface area contributed by atoms with E-state index in [-0.39, 0.29) is 0 Å². The van der Waals surface area contributed by atoms with Gasteiger partial charge in [-0.05, 0) is 42.2 Å². The minimum absolute atomic E-state index is 0.364. The first kappa shape index (κ1) is 19.4. The zero-order chi connectivity index (χ0) is 20.1. The molecule has 2 aliphatic rings. The molecule has 0 spiro atoms. The van der Waals surface area contributed by atoms with Crippen molar-refractivity contribution in [2.24, 2.45) is 4.99 Å². The van der Waals surface area contributed by atoms with Gasteiger partial charge in [0.05, 0.1) is 19.4 Å². The van der Waals surface area contributed by atoms with Gasteiger partial charge in [-0.2, -0.15) is 0 Å². The lowest BCUT2D eigenvalue weighted by Crippen LogP contribution is -2.45. The number of hydrogen-bond acceptors (Lipinski definition) is 4. The molecule has 0 aliphatic carbocycles. The van der Waals surface area contributed by atoms with Crippen molar-refractivity contribution >= 4 is 11.6 Å². The van der Waals surface area contributed by atoms with E-state index >= 15 is 0 Å². The Morgan fingerprint density at radius 1 is 1.28 bits per heavy atom. The number of fused-ring (bicyclic) bond motifs is 1. The van der Waals surface area contributed by atoms with E-state index in [1.165, 1.54) is 11.1 Å². The SMILES string of the molecule is CN=C(NCCc1ccc2c(c1)CCO2)NC1CCN(c2ccccc2OC)C1. The molecule has 0 radical (unpaired) electrons. The van der Waals surface area contributed by atoms with Crippen LogP contribution in [0.5, 0.6) is 11.5 Å². The highest BCUT2D eigenvalue weighted by atomic mass is 16.5. The van der Waals surface area contributed by atoms with Gasteiger partial charge in [-0.15, -0.1) is 0 Å². The summed E-state index contributed by atoms with van der Waals surface area (Å²) in [4.78, 5) is 6.77. The Hall–Kier alpha value is -2.89. The molecule has 0 amide bonds. The van der Waals surface area contributed by atoms with Crippen molar-refractivity contribution in [3.8, 4) is 11.5 Å². The van der Waals surface area contributed by atoms with Gasteiger partial charge in [-0.1, -0.05) is 24.3 Å². The van der Waals surface area contributed by atoms with E-state index in [9.17, 15) is 0 Å². The fourth-order valence-corrected chi connectivity index (χ4v) is 4.10. The van der Waals surface area contributed by atoms with Crippen LogP contribution in [0.2, 0.25) is 0 Å². The predicted molar refractivity (Wildman–Crippen MR) is 117 cm³/mol. The molecule has 29 heavy (non-hydrogen) atoms. The summed E-state index contributed by atoms with van der Waals surface area (Å²) in [6, 6.07) is 15.1. The summed E-state index contributed by atoms with van der Waals surface area (Å²) >= 11 is 0. The summed E-state index contributed by atoms with van der Waals surface area (Å²) < 4.78 is 11.1. The van der Waals surface area contributed by atoms with Crippen LogP contribution < -0.4 is 25.0 Å². The van der Waals surface area contributed by atoms with Crippen LogP contribution in [0.3, 0.4) is 0 Å². The van der Waals surface area contributed by atoms with Gasteiger partial charge in [0.1, 0.15) is 11.5 Å². The lowest BCUT2D eigenvalue weighted by atomic mass is 10.1. The molecule has 1 fully saturated rings. The Bertz CT molecular complexity index is 868. The second-order valence-electron chi connectivity index (χ2n) is 7.54. The number of para-hydroxylation sites is 2. The maximum absolute atomic E-state index is 5.59. The topological polar surface area (TPSA) is 58.1 Å². The second-order valence-corrected chi connectivity index (χ2v) is 7.54. The Kier molecular flexibility index (Phi) is 6.08. The van der Waals surface area contributed by atoms with Crippen LogP contribution in [-0.4, -0.2) is 52.4 Å². The highest BCUT2D eigenvalue weighted by Crippen LogP contribution is 2.30. The van der Waals surface area contributed by atoms with Crippen LogP contribution in [0, 0.1) is 0 Å². The van der Waals surface area contributed by atoms with Gasteiger partial charge >= 0.3 is 0 Å². The fraction of sp³-hybridized carbons (Fsp3) is 0.435. The standard InChI is InChI=1S/C23H30N4O2/c1-24-23(25-12-9-17-7-8-21-18(15-17)11-14-29-21)26-19-10-13-27(16-19)20-5-3-4-6-22(20)28-2/h3-8,15,19H,9-14,16H2,1-2H3,(H2,24,25,26). The molecular formula is C23H30N4O2. The summed E-state index contributed by atoms with van der Waals surface area (Å²) in [5, 5.41) is 7.02. The first-order chi connectivity index (χ1) is 14.3. The van der Waals surface area contributed by atoms with Crippen LogP contribution in [0.4, 0.5) is 5.69 Å². The van der Waals surface area contributed by atoms with E-state index in [1.54, 1.807) is 7.11 Å². The van der Waals surface area contributed by atoms with Gasteiger partial charge in [-0.25, -0.2) is 0 Å². The molecule has 6 nitrogen and oxygen atoms in total. The zero-order valence-electron chi connectivity index (χ0n) is 17.3. The van der Waals surface area contributed by atoms with Crippen LogP contribution >= 0.6 is 0 Å². The molecular weight excluding hydrogens is 364 g/mol. The van der Waals surface area contributed by atoms with Crippen LogP contribution in [0.25, 0.3) is 0 Å². The van der Waals surface area contributed by atoms with E-state index in [0.717, 1.165) is 68.6 Å². The van der Waals surface area contributed by atoms with Crippen molar-refractivity contribution in [3.63, 3.8) is 0 Å². The Morgan fingerprint density at radius 3 is 3.03 bits per heavy atom. The number of methoxy groups -OCH3 is 1. The largest absolute Gasteiger partial charge is 0.495 e. The molecule has 2 heterocycles. The van der Waals surface area contributed by atoms with Crippen LogP contribution in [0.15, 0.2) is 47.5 Å². The van der Waals surface area contributed by atoms with Gasteiger partial charge in [0.15, 0.2) is 5.96 Å². The molecule has 1 unspecified atom stereocenters. The van der Waals surface area contributed by atoms with E-state index in [2.05, 4.69) is 50.9 Å². The molecule has 154 valence electrons. The van der Waals surface area contributed by atoms with Crippen molar-refractivity contribution in [2.75, 3.05) is 45.3 Å². The molecule has 6 heteroatoms. The monoisotopic (exact) mass is 394 g/mol. The Balaban J connectivity index is 1.26. The van der Waals surface area contributed by atoms with Crippen LogP contribution in [-0.2, 0) is 12.8 Å². The summed E-state index contributed by atoms with van der Waals surface area (Å²) in [6.45, 7) is 3.60. The minimum Gasteiger partial charge on any atom is -0.495 e. The summed E-state index contributed by atoms with van der Waals surface area (Å²) in [5.74, 6) is 2.83. The normalized spacial score (nSPS) is 18.3. The number of nitrogens with zero attached hydrogens (tertiary/aromatic N) is 2. The number of nitrogens with one attached hydrogen (secondary N) is 2. The first-order valence-corrected chi connectivity index (χ1v) is 10.4. The summed E-state index contributed by atoms with van der Waals surface area (Å²) in [6.07, 6.45) is 3.06. The quantitative estimate of drug-likeness (QED) is 0.583. The minimum atomic E-state index is 0.364. The zero-order valence-corrected chi connectivity index (χ0v) is 17.3. The average molecular weight is 395 g/mol. The van der Waals surface area contributed by atoms with Gasteiger partial charge < -0.3 is 25.0 Å². The second kappa shape index (κ2) is 9.07. The maximum Gasteiger partial charge on any atom is 0.191 e. The van der Waals surface area contributed by atoms with Gasteiger partial charge in [-0.3, -0.25) is 4.99 Å². The number of guanidine groups is 1. The van der Waals surface area contributed by atoms with Crippen molar-refractivity contribution in [3.05, 3.63) is 53.6 Å². The summed E-state index contributed by atoms with van der Waals surface area (Å²) in [7, 11) is 3.55. The van der Waals surface area contributed by atoms with Crippen molar-refractivity contribution in [1.82, 2.24) is 10.6 Å². The molecule has 2 aliphatic heterocycles. The molecule has 1 saturated heterocycles. The Morgan fingerprint density at radius 2 is 2.17 bits per heavy atom. The van der Waals surface area contributed by atoms with Crippen molar-refractivity contribution < 1.29 is 9.47 Å². The molecule has 2 aromatic rings. The molecule has 0 bridgehead atoms. The van der Waals surface area contributed by atoms with Crippen LogP contribution in [0.1, 0.15) is 17.5 Å². The summed E-state index contributed by atoms with van der Waals surface area (Å²) in [5.41, 5.74) is 3.82. The highest BCUT2D eigenvalue weighted by molar-refractivity contribution is 5.80. The molecule has 4 rings (SSSR count). The lowest BCUT2D eigenvalue weighted by Gasteiger charge is -2.22. The number of aliphatic imine (C=N–C) groups is 1. The van der Waals surface area contributed by atoms with E-state index in [4.69, 9.17) is 9.47 Å². The number of ether oxygens (including phenoxy) is 2. The lowest BCUT2D eigenvalue weighted by molar-refractivity contribution is 0.357. The van der Waals surface area contributed by atoms with Crippen molar-refractivity contribution in [2.45, 2.75) is 25.3 Å². The maximum atomic E-state index is 5.59. The Labute approximate surface area is 172 Å². The van der Waals surface area contributed by atoms with E-state index < -0.39 is 0 Å². The smallest absolute Gasteiger partial charge is 0.191 e. The van der Waals surface area contributed by atoms with Gasteiger partial charge in [0, 0.05) is 39.1 Å². The highest BCUT2D eigenvalue weighted by Gasteiger charge is 2.25. The first-order valence-electron chi connectivity index (χ1n) is 10.4. The van der Waals surface area contributed by atoms with E-state index in [1.807, 2.05) is 19.2 Å².